The number of amides is 1. The van der Waals surface area contributed by atoms with Crippen LogP contribution in [0.3, 0.4) is 0 Å². The van der Waals surface area contributed by atoms with Crippen molar-refractivity contribution < 1.29 is 13.9 Å². The molecule has 0 unspecified atom stereocenters. The van der Waals surface area contributed by atoms with Gasteiger partial charge in [-0.2, -0.15) is 0 Å². The molecule has 2 heterocycles. The number of aromatic nitrogens is 2. The maximum atomic E-state index is 12.4. The van der Waals surface area contributed by atoms with Crippen LogP contribution in [0.2, 0.25) is 0 Å². The fraction of sp³-hybridized carbons (Fsp3) is 0.115. The van der Waals surface area contributed by atoms with Crippen molar-refractivity contribution in [3.63, 3.8) is 0 Å². The molecule has 3 N–H and O–H groups in total. The molecule has 3 aromatic carbocycles. The van der Waals surface area contributed by atoms with Gasteiger partial charge in [0.05, 0.1) is 18.1 Å². The van der Waals surface area contributed by atoms with Gasteiger partial charge in [0.15, 0.2) is 0 Å². The standard InChI is InChI=1S/C26H22N4O4/c1-14-5-4-6-17(11-14)30-21-13-22-19(15(2)23(24(27)31)25(32)34-22)12-20(21)29-26(30)28-16-7-9-18(33-3)10-8-16/h4-13H,1-3H3,(H2,27,31)(H,28,29). The summed E-state index contributed by atoms with van der Waals surface area (Å²) in [5.74, 6) is 0.511. The molecule has 0 aliphatic heterocycles. The van der Waals surface area contributed by atoms with E-state index in [1.165, 1.54) is 0 Å². The van der Waals surface area contributed by atoms with Crippen LogP contribution in [0.1, 0.15) is 21.5 Å². The van der Waals surface area contributed by atoms with E-state index in [-0.39, 0.29) is 5.56 Å². The fourth-order valence-corrected chi connectivity index (χ4v) is 4.12. The third kappa shape index (κ3) is 3.55. The Morgan fingerprint density at radius 2 is 1.85 bits per heavy atom. The highest BCUT2D eigenvalue weighted by Gasteiger charge is 2.20. The molecule has 170 valence electrons. The number of rotatable bonds is 5. The molecular formula is C26H22N4O4. The molecule has 0 atom stereocenters. The van der Waals surface area contributed by atoms with Crippen LogP contribution in [0.25, 0.3) is 27.7 Å². The van der Waals surface area contributed by atoms with Gasteiger partial charge in [0.1, 0.15) is 16.9 Å². The molecule has 34 heavy (non-hydrogen) atoms. The van der Waals surface area contributed by atoms with Crippen LogP contribution in [0, 0.1) is 13.8 Å². The zero-order chi connectivity index (χ0) is 24.0. The first-order valence-corrected chi connectivity index (χ1v) is 10.6. The van der Waals surface area contributed by atoms with Gasteiger partial charge in [-0.25, -0.2) is 9.78 Å². The van der Waals surface area contributed by atoms with E-state index < -0.39 is 11.5 Å². The van der Waals surface area contributed by atoms with Crippen molar-refractivity contribution in [3.8, 4) is 11.4 Å². The normalized spacial score (nSPS) is 11.1. The lowest BCUT2D eigenvalue weighted by Crippen LogP contribution is -2.22. The lowest BCUT2D eigenvalue weighted by molar-refractivity contribution is 0.0996. The van der Waals surface area contributed by atoms with Crippen LogP contribution in [-0.4, -0.2) is 22.6 Å². The number of fused-ring (bicyclic) bond motifs is 2. The van der Waals surface area contributed by atoms with Crippen molar-refractivity contribution in [2.45, 2.75) is 13.8 Å². The van der Waals surface area contributed by atoms with Crippen LogP contribution in [0.4, 0.5) is 11.6 Å². The van der Waals surface area contributed by atoms with Gasteiger partial charge in [-0.15, -0.1) is 0 Å². The van der Waals surface area contributed by atoms with Crippen LogP contribution in [-0.2, 0) is 0 Å². The summed E-state index contributed by atoms with van der Waals surface area (Å²) in [6, 6.07) is 19.1. The second kappa shape index (κ2) is 8.08. The van der Waals surface area contributed by atoms with Gasteiger partial charge in [-0.3, -0.25) is 9.36 Å². The number of hydrogen-bond acceptors (Lipinski definition) is 6. The molecule has 0 saturated heterocycles. The van der Waals surface area contributed by atoms with Crippen LogP contribution < -0.4 is 21.4 Å². The minimum Gasteiger partial charge on any atom is -0.497 e. The van der Waals surface area contributed by atoms with Gasteiger partial charge in [0.25, 0.3) is 5.91 Å². The van der Waals surface area contributed by atoms with Gasteiger partial charge in [0.2, 0.25) is 5.95 Å². The Kier molecular flexibility index (Phi) is 5.05. The summed E-state index contributed by atoms with van der Waals surface area (Å²) < 4.78 is 12.7. The molecule has 0 radical (unpaired) electrons. The summed E-state index contributed by atoms with van der Waals surface area (Å²) in [4.78, 5) is 29.0. The number of imidazole rings is 1. The molecule has 5 rings (SSSR count). The zero-order valence-electron chi connectivity index (χ0n) is 18.9. The van der Waals surface area contributed by atoms with Crippen molar-refractivity contribution in [3.05, 3.63) is 87.8 Å². The van der Waals surface area contributed by atoms with Gasteiger partial charge >= 0.3 is 5.63 Å². The smallest absolute Gasteiger partial charge is 0.349 e. The Bertz CT molecular complexity index is 1630. The number of aryl methyl sites for hydroxylation is 2. The number of primary amides is 1. The van der Waals surface area contributed by atoms with Crippen LogP contribution >= 0.6 is 0 Å². The van der Waals surface area contributed by atoms with E-state index in [9.17, 15) is 9.59 Å². The number of anilines is 2. The quantitative estimate of drug-likeness (QED) is 0.375. The molecule has 8 heteroatoms. The first-order valence-electron chi connectivity index (χ1n) is 10.6. The molecule has 0 bridgehead atoms. The minimum absolute atomic E-state index is 0.151. The molecule has 0 aliphatic carbocycles. The van der Waals surface area contributed by atoms with E-state index >= 15 is 0 Å². The summed E-state index contributed by atoms with van der Waals surface area (Å²) in [6.07, 6.45) is 0. The average Bonchev–Trinajstić information content (AvgIpc) is 3.15. The number of benzene rings is 3. The largest absolute Gasteiger partial charge is 0.497 e. The van der Waals surface area contributed by atoms with E-state index in [0.717, 1.165) is 28.2 Å². The van der Waals surface area contributed by atoms with Crippen molar-refractivity contribution in [1.29, 1.82) is 0 Å². The molecule has 5 aromatic rings. The molecular weight excluding hydrogens is 432 g/mol. The van der Waals surface area contributed by atoms with Crippen molar-refractivity contribution >= 4 is 39.5 Å². The highest BCUT2D eigenvalue weighted by atomic mass is 16.5. The summed E-state index contributed by atoms with van der Waals surface area (Å²) in [6.45, 7) is 3.70. The monoisotopic (exact) mass is 454 g/mol. The molecule has 8 nitrogen and oxygen atoms in total. The van der Waals surface area contributed by atoms with Gasteiger partial charge in [-0.05, 0) is 67.4 Å². The highest BCUT2D eigenvalue weighted by Crippen LogP contribution is 2.32. The number of ether oxygens (including phenoxy) is 1. The predicted octanol–water partition coefficient (Wildman–Crippen LogP) is 4.60. The maximum absolute atomic E-state index is 12.4. The maximum Gasteiger partial charge on any atom is 0.349 e. The van der Waals surface area contributed by atoms with Gasteiger partial charge in [0, 0.05) is 22.8 Å². The van der Waals surface area contributed by atoms with E-state index in [0.29, 0.717) is 28.0 Å². The lowest BCUT2D eigenvalue weighted by atomic mass is 10.1. The molecule has 0 spiro atoms. The third-order valence-corrected chi connectivity index (χ3v) is 5.79. The molecule has 0 fully saturated rings. The second-order valence-corrected chi connectivity index (χ2v) is 8.05. The summed E-state index contributed by atoms with van der Waals surface area (Å²) in [7, 11) is 1.62. The molecule has 0 saturated carbocycles. The van der Waals surface area contributed by atoms with Gasteiger partial charge < -0.3 is 20.2 Å². The first kappa shape index (κ1) is 21.3. The van der Waals surface area contributed by atoms with Crippen molar-refractivity contribution in [2.24, 2.45) is 5.73 Å². The van der Waals surface area contributed by atoms with E-state index in [1.807, 2.05) is 60.0 Å². The fourth-order valence-electron chi connectivity index (χ4n) is 4.12. The van der Waals surface area contributed by atoms with Gasteiger partial charge in [-0.1, -0.05) is 12.1 Å². The predicted molar refractivity (Wildman–Crippen MR) is 131 cm³/mol. The number of carbonyl (C=O) groups excluding carboxylic acids is 1. The summed E-state index contributed by atoms with van der Waals surface area (Å²) in [5.41, 5.74) is 9.53. The molecule has 0 aliphatic rings. The number of nitrogens with two attached hydrogens (primary N) is 1. The van der Waals surface area contributed by atoms with Crippen LogP contribution in [0.5, 0.6) is 5.75 Å². The average molecular weight is 454 g/mol. The number of nitrogens with one attached hydrogen (secondary N) is 1. The zero-order valence-corrected chi connectivity index (χ0v) is 18.9. The van der Waals surface area contributed by atoms with Crippen LogP contribution in [0.15, 0.2) is 69.9 Å². The lowest BCUT2D eigenvalue weighted by Gasteiger charge is -2.12. The highest BCUT2D eigenvalue weighted by molar-refractivity contribution is 6.02. The summed E-state index contributed by atoms with van der Waals surface area (Å²) in [5, 5.41) is 3.97. The topological polar surface area (TPSA) is 112 Å². The van der Waals surface area contributed by atoms with E-state index in [2.05, 4.69) is 5.32 Å². The van der Waals surface area contributed by atoms with Crippen molar-refractivity contribution in [2.75, 3.05) is 12.4 Å². The minimum atomic E-state index is -0.819. The Morgan fingerprint density at radius 1 is 1.09 bits per heavy atom. The second-order valence-electron chi connectivity index (χ2n) is 8.05. The molecule has 2 aromatic heterocycles. The Balaban J connectivity index is 1.77. The Hall–Kier alpha value is -4.59. The summed E-state index contributed by atoms with van der Waals surface area (Å²) >= 11 is 0. The van der Waals surface area contributed by atoms with E-state index in [4.69, 9.17) is 19.9 Å². The number of carbonyl (C=O) groups is 1. The van der Waals surface area contributed by atoms with Crippen molar-refractivity contribution in [1.82, 2.24) is 9.55 Å². The molecule has 1 amide bonds. The first-order chi connectivity index (χ1) is 16.4. The Morgan fingerprint density at radius 3 is 2.53 bits per heavy atom. The number of methoxy groups -OCH3 is 1. The number of hydrogen-bond donors (Lipinski definition) is 2. The van der Waals surface area contributed by atoms with E-state index in [1.54, 1.807) is 26.2 Å². The Labute approximate surface area is 194 Å². The number of nitrogens with zero attached hydrogens (tertiary/aromatic N) is 2. The SMILES string of the molecule is COc1ccc(Nc2nc3cc4c(C)c(C(N)=O)c(=O)oc4cc3n2-c2cccc(C)c2)cc1. The third-order valence-electron chi connectivity index (χ3n) is 5.79.